The minimum Gasteiger partial charge on any atom is -0.475 e. The van der Waals surface area contributed by atoms with Crippen molar-refractivity contribution in [3.8, 4) is 11.1 Å². The van der Waals surface area contributed by atoms with Crippen molar-refractivity contribution >= 4 is 35.2 Å². The number of urea groups is 1. The quantitative estimate of drug-likeness (QED) is 0.168. The maximum Gasteiger partial charge on any atom is 0.490 e. The Bertz CT molecular complexity index is 1610. The van der Waals surface area contributed by atoms with Gasteiger partial charge < -0.3 is 41.9 Å². The number of carboxylic acid groups (broad SMARTS) is 1. The van der Waals surface area contributed by atoms with Crippen LogP contribution in [0.2, 0.25) is 0 Å². The van der Waals surface area contributed by atoms with E-state index in [1.807, 2.05) is 66.7 Å². The van der Waals surface area contributed by atoms with Crippen LogP contribution in [-0.4, -0.2) is 76.1 Å². The summed E-state index contributed by atoms with van der Waals surface area (Å²) in [4.78, 5) is 49.4. The molecule has 49 heavy (non-hydrogen) atoms. The van der Waals surface area contributed by atoms with Gasteiger partial charge in [0.25, 0.3) is 0 Å². The van der Waals surface area contributed by atoms with Crippen LogP contribution >= 0.6 is 0 Å². The van der Waals surface area contributed by atoms with E-state index in [-0.39, 0.29) is 24.8 Å². The molecule has 0 bridgehead atoms. The van der Waals surface area contributed by atoms with Gasteiger partial charge in [0, 0.05) is 29.8 Å². The van der Waals surface area contributed by atoms with Gasteiger partial charge in [-0.1, -0.05) is 60.7 Å². The Balaban J connectivity index is 0.000000838. The number of halogens is 3. The van der Waals surface area contributed by atoms with Gasteiger partial charge in [-0.3, -0.25) is 9.59 Å². The third-order valence-electron chi connectivity index (χ3n) is 7.23. The number of aliphatic hydroxyl groups excluding tert-OH is 2. The number of aliphatic hydroxyl groups is 2. The summed E-state index contributed by atoms with van der Waals surface area (Å²) in [6, 6.07) is 21.7. The van der Waals surface area contributed by atoms with Crippen molar-refractivity contribution in [2.75, 3.05) is 23.4 Å². The predicted octanol–water partition coefficient (Wildman–Crippen LogP) is 3.55. The number of aryl methyl sites for hydroxylation is 1. The first-order chi connectivity index (χ1) is 23.0. The lowest BCUT2D eigenvalue weighted by atomic mass is 10.0. The van der Waals surface area contributed by atoms with Crippen molar-refractivity contribution in [3.05, 3.63) is 83.9 Å². The van der Waals surface area contributed by atoms with E-state index in [9.17, 15) is 32.7 Å². The molecule has 0 fully saturated rings. The summed E-state index contributed by atoms with van der Waals surface area (Å²) >= 11 is 0. The number of hydrogen-bond donors (Lipinski definition) is 7. The first kappa shape index (κ1) is 38.5. The summed E-state index contributed by atoms with van der Waals surface area (Å²) in [6.45, 7) is 3.36. The lowest BCUT2D eigenvalue weighted by Gasteiger charge is -2.27. The van der Waals surface area contributed by atoms with Crippen LogP contribution in [0, 0.1) is 0 Å². The second-order valence-electron chi connectivity index (χ2n) is 12.1. The Morgan fingerprint density at radius 3 is 2.22 bits per heavy atom. The standard InChI is InChI=1S/C32H39N5O5.C2HF3O2/c1-32(2,33)17-29(40)35-27-16-15-23-7-3-6-10-28(23)37(30(27)41)19-21-11-13-22(14-12-21)25-8-4-5-9-26(25)36-31(42)34-18-24(39)20-38;3-2(4,5)1(6)7/h3-14,24,27,38-39H,15-20,33H2,1-2H3,(H,35,40)(H2,34,36,42);(H,6,7)/t24?,27-;/m1./s1. The van der Waals surface area contributed by atoms with Gasteiger partial charge in [-0.05, 0) is 55.5 Å². The number of amides is 4. The van der Waals surface area contributed by atoms with E-state index in [0.29, 0.717) is 25.1 Å². The molecule has 264 valence electrons. The lowest BCUT2D eigenvalue weighted by Crippen LogP contribution is -2.49. The summed E-state index contributed by atoms with van der Waals surface area (Å²) in [5, 5.41) is 33.8. The molecule has 0 radical (unpaired) electrons. The molecule has 1 unspecified atom stereocenters. The molecule has 0 aromatic heterocycles. The van der Waals surface area contributed by atoms with E-state index in [1.165, 1.54) is 0 Å². The number of rotatable bonds is 10. The Kier molecular flexibility index (Phi) is 13.3. The zero-order valence-electron chi connectivity index (χ0n) is 27.0. The van der Waals surface area contributed by atoms with Gasteiger partial charge in [-0.15, -0.1) is 0 Å². The zero-order valence-corrected chi connectivity index (χ0v) is 27.0. The maximum absolute atomic E-state index is 13.8. The Morgan fingerprint density at radius 2 is 1.61 bits per heavy atom. The second kappa shape index (κ2) is 16.9. The Labute approximate surface area is 281 Å². The lowest BCUT2D eigenvalue weighted by molar-refractivity contribution is -0.192. The smallest absolute Gasteiger partial charge is 0.475 e. The number of aliphatic carboxylic acids is 1. The van der Waals surface area contributed by atoms with Gasteiger partial charge >= 0.3 is 18.2 Å². The van der Waals surface area contributed by atoms with Crippen molar-refractivity contribution in [2.24, 2.45) is 5.73 Å². The number of para-hydroxylation sites is 2. The molecule has 0 aliphatic carbocycles. The normalized spacial score (nSPS) is 15.1. The summed E-state index contributed by atoms with van der Waals surface area (Å²) in [7, 11) is 0. The molecule has 0 spiro atoms. The number of anilines is 2. The van der Waals surface area contributed by atoms with Crippen LogP contribution in [0.15, 0.2) is 72.8 Å². The number of hydrogen-bond acceptors (Lipinski definition) is 7. The van der Waals surface area contributed by atoms with Gasteiger partial charge in [-0.25, -0.2) is 9.59 Å². The van der Waals surface area contributed by atoms with E-state index in [2.05, 4.69) is 16.0 Å². The third kappa shape index (κ3) is 11.9. The molecule has 8 N–H and O–H groups in total. The fourth-order valence-electron chi connectivity index (χ4n) is 4.93. The molecule has 2 atom stereocenters. The third-order valence-corrected chi connectivity index (χ3v) is 7.23. The Morgan fingerprint density at radius 1 is 1.00 bits per heavy atom. The van der Waals surface area contributed by atoms with Crippen molar-refractivity contribution in [2.45, 2.75) is 63.5 Å². The first-order valence-corrected chi connectivity index (χ1v) is 15.3. The number of alkyl halides is 3. The highest BCUT2D eigenvalue weighted by molar-refractivity contribution is 6.00. The summed E-state index contributed by atoms with van der Waals surface area (Å²) in [5.74, 6) is -3.17. The fourth-order valence-corrected chi connectivity index (χ4v) is 4.93. The van der Waals surface area contributed by atoms with Gasteiger partial charge in [-0.2, -0.15) is 13.2 Å². The molecule has 1 aliphatic rings. The number of carbonyl (C=O) groups is 4. The van der Waals surface area contributed by atoms with Crippen LogP contribution in [0.1, 0.15) is 37.8 Å². The summed E-state index contributed by atoms with van der Waals surface area (Å²) < 4.78 is 31.7. The van der Waals surface area contributed by atoms with E-state index < -0.39 is 42.5 Å². The van der Waals surface area contributed by atoms with Crippen LogP contribution in [0.3, 0.4) is 0 Å². The van der Waals surface area contributed by atoms with Crippen molar-refractivity contribution in [3.63, 3.8) is 0 Å². The molecule has 12 nitrogen and oxygen atoms in total. The van der Waals surface area contributed by atoms with E-state index in [0.717, 1.165) is 27.9 Å². The number of carbonyl (C=O) groups excluding carboxylic acids is 3. The van der Waals surface area contributed by atoms with Crippen LogP contribution in [0.4, 0.5) is 29.3 Å². The zero-order chi connectivity index (χ0) is 36.4. The second-order valence-corrected chi connectivity index (χ2v) is 12.1. The average molecular weight is 688 g/mol. The molecule has 0 saturated carbocycles. The van der Waals surface area contributed by atoms with Crippen LogP contribution in [0.5, 0.6) is 0 Å². The number of benzene rings is 3. The molecule has 4 rings (SSSR count). The maximum atomic E-state index is 13.8. The fraction of sp³-hybridized carbons (Fsp3) is 0.353. The molecular weight excluding hydrogens is 647 g/mol. The Hall–Kier alpha value is -4.99. The molecule has 3 aromatic rings. The SMILES string of the molecule is CC(C)(N)CC(=O)N[C@@H]1CCc2ccccc2N(Cc2ccc(-c3ccccc3NC(=O)NCC(O)CO)cc2)C1=O.O=C(O)C(F)(F)F. The van der Waals surface area contributed by atoms with Crippen molar-refractivity contribution < 1.29 is 47.7 Å². The average Bonchev–Trinajstić information content (AvgIpc) is 3.15. The number of nitrogens with zero attached hydrogens (tertiary/aromatic N) is 1. The summed E-state index contributed by atoms with van der Waals surface area (Å²) in [5.41, 5.74) is 10.4. The molecule has 1 aliphatic heterocycles. The monoisotopic (exact) mass is 687 g/mol. The summed E-state index contributed by atoms with van der Waals surface area (Å²) in [6.07, 6.45) is -4.84. The van der Waals surface area contributed by atoms with Crippen LogP contribution < -0.4 is 26.6 Å². The van der Waals surface area contributed by atoms with Crippen molar-refractivity contribution in [1.82, 2.24) is 10.6 Å². The largest absolute Gasteiger partial charge is 0.490 e. The topological polar surface area (TPSA) is 194 Å². The molecular formula is C34H40F3N5O7. The van der Waals surface area contributed by atoms with Gasteiger partial charge in [0.1, 0.15) is 6.04 Å². The minimum atomic E-state index is -5.08. The number of fused-ring (bicyclic) bond motifs is 1. The minimum absolute atomic E-state index is 0.0763. The van der Waals surface area contributed by atoms with E-state index >= 15 is 0 Å². The van der Waals surface area contributed by atoms with E-state index in [4.69, 9.17) is 20.7 Å². The number of nitrogens with one attached hydrogen (secondary N) is 3. The molecule has 1 heterocycles. The van der Waals surface area contributed by atoms with Gasteiger partial charge in [0.2, 0.25) is 11.8 Å². The molecule has 0 saturated heterocycles. The predicted molar refractivity (Wildman–Crippen MR) is 176 cm³/mol. The number of nitrogens with two attached hydrogens (primary N) is 1. The highest BCUT2D eigenvalue weighted by atomic mass is 19.4. The molecule has 15 heteroatoms. The highest BCUT2D eigenvalue weighted by Gasteiger charge is 2.38. The first-order valence-electron chi connectivity index (χ1n) is 15.3. The number of carboxylic acids is 1. The molecule has 3 aromatic carbocycles. The van der Waals surface area contributed by atoms with Gasteiger partial charge in [0.05, 0.1) is 24.9 Å². The van der Waals surface area contributed by atoms with Crippen LogP contribution in [0.25, 0.3) is 11.1 Å². The van der Waals surface area contributed by atoms with Gasteiger partial charge in [0.15, 0.2) is 0 Å². The van der Waals surface area contributed by atoms with E-state index in [1.54, 1.807) is 24.8 Å². The van der Waals surface area contributed by atoms with Crippen LogP contribution in [-0.2, 0) is 27.3 Å². The highest BCUT2D eigenvalue weighted by Crippen LogP contribution is 2.31. The molecule has 4 amide bonds. The van der Waals surface area contributed by atoms with Crippen molar-refractivity contribution in [1.29, 1.82) is 0 Å².